The van der Waals surface area contributed by atoms with Gasteiger partial charge in [-0.05, 0) is 44.9 Å². The molecular formula is C14H17ClO2. The van der Waals surface area contributed by atoms with Gasteiger partial charge in [-0.3, -0.25) is 4.79 Å². The minimum Gasteiger partial charge on any atom is -0.489 e. The van der Waals surface area contributed by atoms with Crippen LogP contribution in [0.4, 0.5) is 0 Å². The van der Waals surface area contributed by atoms with Crippen molar-refractivity contribution < 1.29 is 9.53 Å². The van der Waals surface area contributed by atoms with E-state index in [4.69, 9.17) is 16.3 Å². The molecule has 92 valence electrons. The van der Waals surface area contributed by atoms with Crippen molar-refractivity contribution in [1.82, 2.24) is 0 Å². The first kappa shape index (κ1) is 12.4. The summed E-state index contributed by atoms with van der Waals surface area (Å²) in [5, 5.41) is 0.508. The highest BCUT2D eigenvalue weighted by Gasteiger charge is 2.44. The minimum absolute atomic E-state index is 0.0787. The average Bonchev–Trinajstić information content (AvgIpc) is 2.99. The zero-order chi connectivity index (χ0) is 12.6. The van der Waals surface area contributed by atoms with Crippen LogP contribution in [0.3, 0.4) is 0 Å². The molecule has 2 nitrogen and oxygen atoms in total. The maximum absolute atomic E-state index is 12.1. The molecular weight excluding hydrogens is 236 g/mol. The maximum Gasteiger partial charge on any atom is 0.168 e. The number of hydrogen-bond donors (Lipinski definition) is 0. The number of rotatable bonds is 4. The molecule has 0 heterocycles. The zero-order valence-corrected chi connectivity index (χ0v) is 11.2. The molecule has 0 radical (unpaired) electrons. The van der Waals surface area contributed by atoms with E-state index in [0.717, 1.165) is 12.8 Å². The van der Waals surface area contributed by atoms with Crippen molar-refractivity contribution in [3.05, 3.63) is 28.8 Å². The van der Waals surface area contributed by atoms with Crippen molar-refractivity contribution in [2.24, 2.45) is 5.41 Å². The van der Waals surface area contributed by atoms with E-state index in [0.29, 0.717) is 16.3 Å². The molecule has 0 spiro atoms. The first-order valence-corrected chi connectivity index (χ1v) is 6.31. The summed E-state index contributed by atoms with van der Waals surface area (Å²) in [7, 11) is 0. The summed E-state index contributed by atoms with van der Waals surface area (Å²) >= 11 is 6.11. The number of hydrogen-bond acceptors (Lipinski definition) is 2. The summed E-state index contributed by atoms with van der Waals surface area (Å²) in [6.07, 6.45) is 2.04. The molecule has 0 amide bonds. The van der Waals surface area contributed by atoms with Gasteiger partial charge in [-0.2, -0.15) is 0 Å². The van der Waals surface area contributed by atoms with Crippen LogP contribution in [0.5, 0.6) is 5.75 Å². The van der Waals surface area contributed by atoms with Crippen LogP contribution in [0.2, 0.25) is 5.02 Å². The quantitative estimate of drug-likeness (QED) is 0.754. The van der Waals surface area contributed by atoms with Gasteiger partial charge in [-0.25, -0.2) is 0 Å². The van der Waals surface area contributed by atoms with Crippen molar-refractivity contribution in [2.45, 2.75) is 39.7 Å². The van der Waals surface area contributed by atoms with Crippen LogP contribution in [0.1, 0.15) is 44.0 Å². The predicted molar refractivity (Wildman–Crippen MR) is 68.9 cm³/mol. The Kier molecular flexibility index (Phi) is 3.17. The summed E-state index contributed by atoms with van der Waals surface area (Å²) in [5.74, 6) is 0.828. The zero-order valence-electron chi connectivity index (χ0n) is 10.4. The molecule has 0 aromatic heterocycles. The molecule has 0 atom stereocenters. The Hall–Kier alpha value is -1.02. The molecule has 1 aromatic carbocycles. The van der Waals surface area contributed by atoms with E-state index in [9.17, 15) is 4.79 Å². The number of halogens is 1. The Morgan fingerprint density at radius 2 is 2.06 bits per heavy atom. The fourth-order valence-electron chi connectivity index (χ4n) is 1.75. The van der Waals surface area contributed by atoms with Crippen LogP contribution in [0.15, 0.2) is 18.2 Å². The van der Waals surface area contributed by atoms with Gasteiger partial charge in [-0.15, -0.1) is 0 Å². The van der Waals surface area contributed by atoms with Gasteiger partial charge in [0.15, 0.2) is 5.78 Å². The van der Waals surface area contributed by atoms with Crippen LogP contribution >= 0.6 is 11.6 Å². The Morgan fingerprint density at radius 3 is 2.53 bits per heavy atom. The molecule has 17 heavy (non-hydrogen) atoms. The lowest BCUT2D eigenvalue weighted by molar-refractivity contribution is 0.0912. The summed E-state index contributed by atoms with van der Waals surface area (Å²) in [4.78, 5) is 12.1. The van der Waals surface area contributed by atoms with E-state index in [2.05, 4.69) is 0 Å². The Morgan fingerprint density at radius 1 is 1.41 bits per heavy atom. The van der Waals surface area contributed by atoms with E-state index in [-0.39, 0.29) is 17.3 Å². The number of carbonyl (C=O) groups is 1. The molecule has 0 N–H and O–H groups in total. The number of carbonyl (C=O) groups excluding carboxylic acids is 1. The molecule has 1 aromatic rings. The number of benzene rings is 1. The van der Waals surface area contributed by atoms with E-state index in [1.807, 2.05) is 20.8 Å². The molecule has 2 rings (SSSR count). The standard InChI is InChI=1S/C14H17ClO2/c1-9(2)17-12-5-4-10(8-11(12)15)13(16)14(3)6-7-14/h4-5,8-9H,6-7H2,1-3H3. The summed E-state index contributed by atoms with van der Waals surface area (Å²) in [6.45, 7) is 5.89. The first-order valence-electron chi connectivity index (χ1n) is 5.93. The third kappa shape index (κ3) is 2.63. The normalized spacial score (nSPS) is 17.0. The van der Waals surface area contributed by atoms with Crippen LogP contribution in [-0.2, 0) is 0 Å². The van der Waals surface area contributed by atoms with E-state index >= 15 is 0 Å². The average molecular weight is 253 g/mol. The van der Waals surface area contributed by atoms with Crippen LogP contribution in [0.25, 0.3) is 0 Å². The molecule has 1 aliphatic carbocycles. The van der Waals surface area contributed by atoms with Gasteiger partial charge < -0.3 is 4.74 Å². The highest BCUT2D eigenvalue weighted by Crippen LogP contribution is 2.47. The monoisotopic (exact) mass is 252 g/mol. The fourth-order valence-corrected chi connectivity index (χ4v) is 1.98. The minimum atomic E-state index is -0.149. The lowest BCUT2D eigenvalue weighted by atomic mass is 9.97. The second-order valence-electron chi connectivity index (χ2n) is 5.20. The number of ether oxygens (including phenoxy) is 1. The number of Topliss-reactive ketones (excluding diaryl/α,β-unsaturated/α-hetero) is 1. The molecule has 0 saturated heterocycles. The molecule has 0 bridgehead atoms. The SMILES string of the molecule is CC(C)Oc1ccc(C(=O)C2(C)CC2)cc1Cl. The molecule has 0 unspecified atom stereocenters. The molecule has 1 aliphatic rings. The Bertz CT molecular complexity index is 448. The van der Waals surface area contributed by atoms with Crippen molar-refractivity contribution in [3.8, 4) is 5.75 Å². The maximum atomic E-state index is 12.1. The van der Waals surface area contributed by atoms with Crippen molar-refractivity contribution in [3.63, 3.8) is 0 Å². The van der Waals surface area contributed by atoms with Crippen LogP contribution in [-0.4, -0.2) is 11.9 Å². The van der Waals surface area contributed by atoms with Crippen LogP contribution < -0.4 is 4.74 Å². The molecule has 0 aliphatic heterocycles. The molecule has 1 saturated carbocycles. The van der Waals surface area contributed by atoms with Gasteiger partial charge in [-0.1, -0.05) is 18.5 Å². The molecule has 3 heteroatoms. The van der Waals surface area contributed by atoms with Gasteiger partial charge in [0.1, 0.15) is 5.75 Å². The Labute approximate surface area is 107 Å². The highest BCUT2D eigenvalue weighted by atomic mass is 35.5. The Balaban J connectivity index is 2.21. The van der Waals surface area contributed by atoms with Gasteiger partial charge in [0.2, 0.25) is 0 Å². The molecule has 1 fully saturated rings. The predicted octanol–water partition coefficient (Wildman–Crippen LogP) is 4.11. The first-order chi connectivity index (χ1) is 7.92. The van der Waals surface area contributed by atoms with E-state index in [1.54, 1.807) is 18.2 Å². The third-order valence-corrected chi connectivity index (χ3v) is 3.40. The van der Waals surface area contributed by atoms with Crippen molar-refractivity contribution in [1.29, 1.82) is 0 Å². The topological polar surface area (TPSA) is 26.3 Å². The third-order valence-electron chi connectivity index (χ3n) is 3.10. The van der Waals surface area contributed by atoms with Gasteiger partial charge >= 0.3 is 0 Å². The van der Waals surface area contributed by atoms with E-state index < -0.39 is 0 Å². The van der Waals surface area contributed by atoms with Crippen molar-refractivity contribution >= 4 is 17.4 Å². The second-order valence-corrected chi connectivity index (χ2v) is 5.61. The van der Waals surface area contributed by atoms with Gasteiger partial charge in [0.25, 0.3) is 0 Å². The van der Waals surface area contributed by atoms with Gasteiger partial charge in [0, 0.05) is 11.0 Å². The van der Waals surface area contributed by atoms with E-state index in [1.165, 1.54) is 0 Å². The fraction of sp³-hybridized carbons (Fsp3) is 0.500. The summed E-state index contributed by atoms with van der Waals surface area (Å²) in [5.41, 5.74) is 0.537. The van der Waals surface area contributed by atoms with Crippen LogP contribution in [0, 0.1) is 5.41 Å². The second kappa shape index (κ2) is 4.34. The smallest absolute Gasteiger partial charge is 0.168 e. The highest BCUT2D eigenvalue weighted by molar-refractivity contribution is 6.32. The summed E-state index contributed by atoms with van der Waals surface area (Å²) < 4.78 is 5.54. The number of ketones is 1. The summed E-state index contributed by atoms with van der Waals surface area (Å²) in [6, 6.07) is 5.29. The van der Waals surface area contributed by atoms with Crippen molar-refractivity contribution in [2.75, 3.05) is 0 Å². The lowest BCUT2D eigenvalue weighted by Gasteiger charge is -2.13. The lowest BCUT2D eigenvalue weighted by Crippen LogP contribution is -2.12. The largest absolute Gasteiger partial charge is 0.489 e. The van der Waals surface area contributed by atoms with Gasteiger partial charge in [0.05, 0.1) is 11.1 Å².